The van der Waals surface area contributed by atoms with Crippen LogP contribution in [0.15, 0.2) is 24.3 Å². The first-order valence-electron chi connectivity index (χ1n) is 5.73. The van der Waals surface area contributed by atoms with E-state index < -0.39 is 0 Å². The molecule has 1 amide bonds. The molecule has 2 rings (SSSR count). The molecule has 1 aromatic rings. The van der Waals surface area contributed by atoms with Crippen molar-refractivity contribution in [1.82, 2.24) is 5.32 Å². The van der Waals surface area contributed by atoms with Gasteiger partial charge in [0.15, 0.2) is 0 Å². The zero-order valence-electron chi connectivity index (χ0n) is 9.57. The molecule has 16 heavy (non-hydrogen) atoms. The van der Waals surface area contributed by atoms with Crippen molar-refractivity contribution in [3.63, 3.8) is 0 Å². The average molecular weight is 218 g/mol. The average Bonchev–Trinajstić information content (AvgIpc) is 2.30. The Labute approximate surface area is 96.0 Å². The van der Waals surface area contributed by atoms with Crippen molar-refractivity contribution in [3.8, 4) is 0 Å². The zero-order valence-corrected chi connectivity index (χ0v) is 9.57. The van der Waals surface area contributed by atoms with Crippen LogP contribution in [0.5, 0.6) is 0 Å². The van der Waals surface area contributed by atoms with Gasteiger partial charge in [0.1, 0.15) is 0 Å². The Morgan fingerprint density at radius 3 is 2.62 bits per heavy atom. The molecule has 0 aliphatic carbocycles. The monoisotopic (exact) mass is 218 g/mol. The van der Waals surface area contributed by atoms with E-state index in [9.17, 15) is 4.79 Å². The largest absolute Gasteiger partial charge is 0.369 e. The van der Waals surface area contributed by atoms with Crippen LogP contribution in [-0.2, 0) is 4.79 Å². The number of piperidine rings is 1. The molecule has 1 aliphatic heterocycles. The van der Waals surface area contributed by atoms with Crippen molar-refractivity contribution < 1.29 is 4.79 Å². The third-order valence-electron chi connectivity index (χ3n) is 3.30. The molecule has 1 heterocycles. The van der Waals surface area contributed by atoms with Crippen molar-refractivity contribution in [1.29, 1.82) is 0 Å². The summed E-state index contributed by atoms with van der Waals surface area (Å²) in [4.78, 5) is 11.2. The third kappa shape index (κ3) is 2.42. The molecule has 3 heteroatoms. The van der Waals surface area contributed by atoms with Crippen LogP contribution in [0.2, 0.25) is 0 Å². The second kappa shape index (κ2) is 4.66. The molecule has 1 fully saturated rings. The highest BCUT2D eigenvalue weighted by Gasteiger charge is 2.26. The van der Waals surface area contributed by atoms with Gasteiger partial charge in [0, 0.05) is 13.1 Å². The zero-order chi connectivity index (χ0) is 11.5. The summed E-state index contributed by atoms with van der Waals surface area (Å²) in [7, 11) is 0. The first kappa shape index (κ1) is 11.1. The molecule has 0 radical (unpaired) electrons. The highest BCUT2D eigenvalue weighted by molar-refractivity contribution is 5.77. The van der Waals surface area contributed by atoms with Crippen molar-refractivity contribution in [2.45, 2.75) is 19.3 Å². The van der Waals surface area contributed by atoms with Gasteiger partial charge in [-0.25, -0.2) is 0 Å². The fourth-order valence-corrected chi connectivity index (χ4v) is 2.25. The molecule has 0 bridgehead atoms. The Hall–Kier alpha value is -1.35. The van der Waals surface area contributed by atoms with Crippen molar-refractivity contribution in [2.24, 2.45) is 11.7 Å². The number of nitrogens with two attached hydrogens (primary N) is 1. The second-order valence-corrected chi connectivity index (χ2v) is 4.60. The standard InChI is InChI=1S/C13H18N2O/c1-9-2-4-10(5-3-9)11-6-12(13(14)16)8-15-7-11/h2-5,11-12,15H,6-8H2,1H3,(H2,14,16)/t11-,12-/m0/s1. The Morgan fingerprint density at radius 2 is 2.00 bits per heavy atom. The van der Waals surface area contributed by atoms with Crippen LogP contribution in [0.4, 0.5) is 0 Å². The van der Waals surface area contributed by atoms with Crippen LogP contribution in [0.3, 0.4) is 0 Å². The summed E-state index contributed by atoms with van der Waals surface area (Å²) in [6.45, 7) is 3.74. The lowest BCUT2D eigenvalue weighted by Crippen LogP contribution is -2.41. The fraction of sp³-hybridized carbons (Fsp3) is 0.462. The van der Waals surface area contributed by atoms with Gasteiger partial charge in [0.05, 0.1) is 5.92 Å². The minimum atomic E-state index is -0.190. The van der Waals surface area contributed by atoms with E-state index in [1.807, 2.05) is 0 Å². The van der Waals surface area contributed by atoms with Crippen molar-refractivity contribution >= 4 is 5.91 Å². The molecule has 86 valence electrons. The van der Waals surface area contributed by atoms with E-state index in [4.69, 9.17) is 5.73 Å². The van der Waals surface area contributed by atoms with Crippen LogP contribution in [0.1, 0.15) is 23.5 Å². The van der Waals surface area contributed by atoms with Gasteiger partial charge in [0.25, 0.3) is 0 Å². The van der Waals surface area contributed by atoms with Gasteiger partial charge in [-0.3, -0.25) is 4.79 Å². The third-order valence-corrected chi connectivity index (χ3v) is 3.30. The predicted molar refractivity (Wildman–Crippen MR) is 64.1 cm³/mol. The number of carbonyl (C=O) groups is 1. The number of benzene rings is 1. The number of hydrogen-bond acceptors (Lipinski definition) is 2. The van der Waals surface area contributed by atoms with Crippen molar-refractivity contribution in [2.75, 3.05) is 13.1 Å². The number of nitrogens with one attached hydrogen (secondary N) is 1. The predicted octanol–water partition coefficient (Wildman–Crippen LogP) is 1.17. The summed E-state index contributed by atoms with van der Waals surface area (Å²) in [5.41, 5.74) is 7.91. The van der Waals surface area contributed by atoms with E-state index in [0.717, 1.165) is 19.5 Å². The number of hydrogen-bond donors (Lipinski definition) is 2. The maximum atomic E-state index is 11.2. The molecule has 0 unspecified atom stereocenters. The molecule has 1 aromatic carbocycles. The Bertz CT molecular complexity index is 372. The summed E-state index contributed by atoms with van der Waals surface area (Å²) in [5, 5.41) is 3.28. The maximum absolute atomic E-state index is 11.2. The van der Waals surface area contributed by atoms with E-state index in [-0.39, 0.29) is 11.8 Å². The van der Waals surface area contributed by atoms with Gasteiger partial charge in [0.2, 0.25) is 5.91 Å². The van der Waals surface area contributed by atoms with Crippen LogP contribution in [0, 0.1) is 12.8 Å². The van der Waals surface area contributed by atoms with Crippen molar-refractivity contribution in [3.05, 3.63) is 35.4 Å². The molecule has 3 N–H and O–H groups in total. The molecule has 1 aliphatic rings. The summed E-state index contributed by atoms with van der Waals surface area (Å²) in [5.74, 6) is 0.191. The van der Waals surface area contributed by atoms with Gasteiger partial charge in [-0.1, -0.05) is 29.8 Å². The highest BCUT2D eigenvalue weighted by Crippen LogP contribution is 2.26. The van der Waals surface area contributed by atoms with Crippen LogP contribution >= 0.6 is 0 Å². The van der Waals surface area contributed by atoms with Gasteiger partial charge >= 0.3 is 0 Å². The number of amides is 1. The molecular weight excluding hydrogens is 200 g/mol. The van der Waals surface area contributed by atoms with E-state index in [2.05, 4.69) is 36.5 Å². The maximum Gasteiger partial charge on any atom is 0.221 e. The number of rotatable bonds is 2. The number of primary amides is 1. The number of carbonyl (C=O) groups excluding carboxylic acids is 1. The van der Waals surface area contributed by atoms with E-state index in [1.54, 1.807) is 0 Å². The van der Waals surface area contributed by atoms with Gasteiger partial charge in [-0.15, -0.1) is 0 Å². The van der Waals surface area contributed by atoms with Gasteiger partial charge in [-0.2, -0.15) is 0 Å². The minimum absolute atomic E-state index is 0.0277. The first-order valence-corrected chi connectivity index (χ1v) is 5.73. The molecular formula is C13H18N2O. The Kier molecular flexibility index (Phi) is 3.25. The molecule has 3 nitrogen and oxygen atoms in total. The van der Waals surface area contributed by atoms with E-state index >= 15 is 0 Å². The first-order chi connectivity index (χ1) is 7.66. The van der Waals surface area contributed by atoms with Gasteiger partial charge < -0.3 is 11.1 Å². The molecule has 0 aromatic heterocycles. The van der Waals surface area contributed by atoms with Crippen LogP contribution < -0.4 is 11.1 Å². The fourth-order valence-electron chi connectivity index (χ4n) is 2.25. The summed E-state index contributed by atoms with van der Waals surface area (Å²) >= 11 is 0. The lowest BCUT2D eigenvalue weighted by Gasteiger charge is -2.28. The van der Waals surface area contributed by atoms with Crippen LogP contribution in [-0.4, -0.2) is 19.0 Å². The Morgan fingerprint density at radius 1 is 1.31 bits per heavy atom. The number of aryl methyl sites for hydroxylation is 1. The van der Waals surface area contributed by atoms with Gasteiger partial charge in [-0.05, 0) is 24.8 Å². The summed E-state index contributed by atoms with van der Waals surface area (Å²) in [6.07, 6.45) is 0.866. The molecule has 2 atom stereocenters. The van der Waals surface area contributed by atoms with E-state index in [1.165, 1.54) is 11.1 Å². The summed E-state index contributed by atoms with van der Waals surface area (Å²) in [6, 6.07) is 8.52. The SMILES string of the molecule is Cc1ccc([C@@H]2CNC[C@@H](C(N)=O)C2)cc1. The molecule has 0 spiro atoms. The highest BCUT2D eigenvalue weighted by atomic mass is 16.1. The topological polar surface area (TPSA) is 55.1 Å². The van der Waals surface area contributed by atoms with Crippen LogP contribution in [0.25, 0.3) is 0 Å². The van der Waals surface area contributed by atoms with E-state index in [0.29, 0.717) is 5.92 Å². The lowest BCUT2D eigenvalue weighted by atomic mass is 9.85. The second-order valence-electron chi connectivity index (χ2n) is 4.60. The Balaban J connectivity index is 2.09. The molecule has 0 saturated carbocycles. The summed E-state index contributed by atoms with van der Waals surface area (Å²) < 4.78 is 0. The lowest BCUT2D eigenvalue weighted by molar-refractivity contribution is -0.122. The quantitative estimate of drug-likeness (QED) is 0.783. The normalized spacial score (nSPS) is 25.3. The smallest absolute Gasteiger partial charge is 0.221 e. The molecule has 1 saturated heterocycles. The minimum Gasteiger partial charge on any atom is -0.369 e.